The normalized spacial score (nSPS) is 11.2. The van der Waals surface area contributed by atoms with Crippen LogP contribution < -0.4 is 5.43 Å². The van der Waals surface area contributed by atoms with Gasteiger partial charge in [-0.3, -0.25) is 4.79 Å². The van der Waals surface area contributed by atoms with Crippen molar-refractivity contribution in [3.8, 4) is 33.9 Å². The van der Waals surface area contributed by atoms with Crippen LogP contribution in [0, 0.1) is 17.4 Å². The van der Waals surface area contributed by atoms with Crippen LogP contribution in [0.25, 0.3) is 33.9 Å². The van der Waals surface area contributed by atoms with Gasteiger partial charge >= 0.3 is 0 Å². The highest BCUT2D eigenvalue weighted by Gasteiger charge is 2.15. The SMILES string of the molecule is Cc1cc(/C=N\NC(=O)c2ccc(-n3c(-c4ccccc4)ccc3-c3ccccc3)cc2)c(C)n1-c1ccc(I)cc1. The van der Waals surface area contributed by atoms with Crippen LogP contribution in [0.15, 0.2) is 132 Å². The van der Waals surface area contributed by atoms with E-state index in [9.17, 15) is 4.79 Å². The largest absolute Gasteiger partial charge is 0.318 e. The third-order valence-corrected chi connectivity index (χ3v) is 8.05. The molecule has 0 spiro atoms. The van der Waals surface area contributed by atoms with Crippen molar-refractivity contribution in [3.05, 3.63) is 153 Å². The maximum Gasteiger partial charge on any atom is 0.271 e. The van der Waals surface area contributed by atoms with Crippen molar-refractivity contribution in [2.24, 2.45) is 5.10 Å². The van der Waals surface area contributed by atoms with Crippen molar-refractivity contribution in [3.63, 3.8) is 0 Å². The number of rotatable bonds is 7. The van der Waals surface area contributed by atoms with Crippen molar-refractivity contribution in [1.82, 2.24) is 14.6 Å². The molecule has 0 saturated heterocycles. The molecule has 4 aromatic carbocycles. The van der Waals surface area contributed by atoms with Gasteiger partial charge in [0.05, 0.1) is 17.6 Å². The molecule has 0 fully saturated rings. The number of hydrazone groups is 1. The Hall–Kier alpha value is -4.69. The average molecular weight is 661 g/mol. The van der Waals surface area contributed by atoms with E-state index in [-0.39, 0.29) is 5.91 Å². The maximum atomic E-state index is 13.0. The second-order valence-corrected chi connectivity index (χ2v) is 11.3. The number of benzene rings is 4. The number of hydrogen-bond acceptors (Lipinski definition) is 2. The van der Waals surface area contributed by atoms with Gasteiger partial charge in [-0.15, -0.1) is 0 Å². The van der Waals surface area contributed by atoms with E-state index >= 15 is 0 Å². The first kappa shape index (κ1) is 27.5. The van der Waals surface area contributed by atoms with Gasteiger partial charge in [0.2, 0.25) is 0 Å². The van der Waals surface area contributed by atoms with Crippen LogP contribution in [-0.4, -0.2) is 21.3 Å². The summed E-state index contributed by atoms with van der Waals surface area (Å²) in [7, 11) is 0. The van der Waals surface area contributed by atoms with E-state index in [1.54, 1.807) is 6.21 Å². The topological polar surface area (TPSA) is 51.3 Å². The van der Waals surface area contributed by atoms with Crippen LogP contribution >= 0.6 is 22.6 Å². The summed E-state index contributed by atoms with van der Waals surface area (Å²) < 4.78 is 5.61. The van der Waals surface area contributed by atoms with E-state index < -0.39 is 0 Å². The third kappa shape index (κ3) is 5.58. The van der Waals surface area contributed by atoms with Gasteiger partial charge < -0.3 is 9.13 Å². The summed E-state index contributed by atoms with van der Waals surface area (Å²) in [5.74, 6) is -0.261. The summed E-state index contributed by atoms with van der Waals surface area (Å²) in [6.45, 7) is 4.13. The Kier molecular flexibility index (Phi) is 7.88. The maximum absolute atomic E-state index is 13.0. The van der Waals surface area contributed by atoms with E-state index in [0.29, 0.717) is 5.56 Å². The molecule has 2 aromatic heterocycles. The fourth-order valence-corrected chi connectivity index (χ4v) is 5.64. The lowest BCUT2D eigenvalue weighted by Gasteiger charge is -2.15. The number of amides is 1. The molecule has 6 aromatic rings. The zero-order chi connectivity index (χ0) is 29.1. The Morgan fingerprint density at radius 3 is 1.79 bits per heavy atom. The van der Waals surface area contributed by atoms with Crippen LogP contribution in [0.5, 0.6) is 0 Å². The predicted octanol–water partition coefficient (Wildman–Crippen LogP) is 8.59. The van der Waals surface area contributed by atoms with Crippen molar-refractivity contribution in [2.45, 2.75) is 13.8 Å². The van der Waals surface area contributed by atoms with Crippen LogP contribution in [-0.2, 0) is 0 Å². The molecular formula is C36H29IN4O. The van der Waals surface area contributed by atoms with Crippen LogP contribution in [0.2, 0.25) is 0 Å². The zero-order valence-electron chi connectivity index (χ0n) is 23.3. The summed E-state index contributed by atoms with van der Waals surface area (Å²) >= 11 is 2.31. The van der Waals surface area contributed by atoms with Gasteiger partial charge in [-0.25, -0.2) is 5.43 Å². The van der Waals surface area contributed by atoms with Crippen LogP contribution in [0.3, 0.4) is 0 Å². The van der Waals surface area contributed by atoms with Crippen molar-refractivity contribution in [1.29, 1.82) is 0 Å². The van der Waals surface area contributed by atoms with Crippen molar-refractivity contribution in [2.75, 3.05) is 0 Å². The second-order valence-electron chi connectivity index (χ2n) is 10.1. The fraction of sp³-hybridized carbons (Fsp3) is 0.0556. The summed E-state index contributed by atoms with van der Waals surface area (Å²) in [6.07, 6.45) is 1.70. The summed E-state index contributed by atoms with van der Waals surface area (Å²) in [5, 5.41) is 4.28. The highest BCUT2D eigenvalue weighted by Crippen LogP contribution is 2.32. The molecule has 0 bridgehead atoms. The lowest BCUT2D eigenvalue weighted by molar-refractivity contribution is 0.0955. The molecule has 2 heterocycles. The molecule has 206 valence electrons. The molecule has 6 rings (SSSR count). The second kappa shape index (κ2) is 12.0. The van der Waals surface area contributed by atoms with Crippen molar-refractivity contribution >= 4 is 34.7 Å². The molecular weight excluding hydrogens is 631 g/mol. The number of aromatic nitrogens is 2. The van der Waals surface area contributed by atoms with E-state index in [4.69, 9.17) is 0 Å². The molecule has 1 N–H and O–H groups in total. The van der Waals surface area contributed by atoms with Crippen LogP contribution in [0.4, 0.5) is 0 Å². The third-order valence-electron chi connectivity index (χ3n) is 7.33. The molecule has 0 atom stereocenters. The summed E-state index contributed by atoms with van der Waals surface area (Å²) in [6, 6.07) is 43.0. The number of nitrogens with one attached hydrogen (secondary N) is 1. The molecule has 5 nitrogen and oxygen atoms in total. The zero-order valence-corrected chi connectivity index (χ0v) is 25.5. The Bertz CT molecular complexity index is 1810. The number of nitrogens with zero attached hydrogens (tertiary/aromatic N) is 3. The minimum absolute atomic E-state index is 0.261. The average Bonchev–Trinajstić information content (AvgIpc) is 3.59. The Labute approximate surface area is 259 Å². The standard InChI is InChI=1S/C36H29IN4O/c1-25-23-30(26(2)40(25)32-19-15-31(37)16-20-32)24-38-39-36(42)29-13-17-33(18-14-29)41-34(27-9-5-3-6-10-27)21-22-35(41)28-11-7-4-8-12-28/h3-24H,1-2H3,(H,39,42)/b38-24-. The molecule has 0 unspecified atom stereocenters. The van der Waals surface area contributed by atoms with Gasteiger partial charge in [0.15, 0.2) is 0 Å². The number of hydrogen-bond donors (Lipinski definition) is 1. The molecule has 1 amide bonds. The monoisotopic (exact) mass is 660 g/mol. The first-order chi connectivity index (χ1) is 20.5. The Morgan fingerprint density at radius 1 is 0.690 bits per heavy atom. The Balaban J connectivity index is 1.23. The van der Waals surface area contributed by atoms with E-state index in [1.807, 2.05) is 60.7 Å². The van der Waals surface area contributed by atoms with Gasteiger partial charge in [0.1, 0.15) is 0 Å². The number of carbonyl (C=O) groups excluding carboxylic acids is 1. The van der Waals surface area contributed by atoms with Gasteiger partial charge in [-0.05, 0) is 114 Å². The molecule has 42 heavy (non-hydrogen) atoms. The predicted molar refractivity (Wildman–Crippen MR) is 180 cm³/mol. The van der Waals surface area contributed by atoms with Gasteiger partial charge in [-0.1, -0.05) is 60.7 Å². The van der Waals surface area contributed by atoms with Gasteiger partial charge in [0, 0.05) is 37.5 Å². The summed E-state index contributed by atoms with van der Waals surface area (Å²) in [5.41, 5.74) is 12.8. The lowest BCUT2D eigenvalue weighted by atomic mass is 10.1. The first-order valence-corrected chi connectivity index (χ1v) is 14.8. The lowest BCUT2D eigenvalue weighted by Crippen LogP contribution is -2.17. The van der Waals surface area contributed by atoms with Gasteiger partial charge in [-0.2, -0.15) is 5.10 Å². The number of carbonyl (C=O) groups is 1. The fourth-order valence-electron chi connectivity index (χ4n) is 5.28. The minimum Gasteiger partial charge on any atom is -0.318 e. The van der Waals surface area contributed by atoms with E-state index in [2.05, 4.69) is 123 Å². The molecule has 0 aliphatic carbocycles. The van der Waals surface area contributed by atoms with E-state index in [0.717, 1.165) is 50.8 Å². The molecule has 0 aliphatic heterocycles. The highest BCUT2D eigenvalue weighted by molar-refractivity contribution is 14.1. The molecule has 0 saturated carbocycles. The summed E-state index contributed by atoms with van der Waals surface area (Å²) in [4.78, 5) is 13.0. The van der Waals surface area contributed by atoms with Crippen molar-refractivity contribution < 1.29 is 4.79 Å². The number of aryl methyl sites for hydroxylation is 1. The molecule has 0 aliphatic rings. The molecule has 0 radical (unpaired) electrons. The quantitative estimate of drug-likeness (QED) is 0.104. The minimum atomic E-state index is -0.261. The first-order valence-electron chi connectivity index (χ1n) is 13.7. The Morgan fingerprint density at radius 2 is 1.21 bits per heavy atom. The smallest absolute Gasteiger partial charge is 0.271 e. The molecule has 6 heteroatoms. The van der Waals surface area contributed by atoms with Crippen LogP contribution in [0.1, 0.15) is 27.3 Å². The van der Waals surface area contributed by atoms with Gasteiger partial charge in [0.25, 0.3) is 5.91 Å². The highest BCUT2D eigenvalue weighted by atomic mass is 127. The number of halogens is 1. The van der Waals surface area contributed by atoms with E-state index in [1.165, 1.54) is 3.57 Å².